The lowest BCUT2D eigenvalue weighted by atomic mass is 9.75. The molecule has 2 N–H and O–H groups in total. The molecule has 5 aromatic rings. The van der Waals surface area contributed by atoms with Gasteiger partial charge in [-0.1, -0.05) is 25.0 Å². The number of rotatable bonds is 13. The summed E-state index contributed by atoms with van der Waals surface area (Å²) in [5.74, 6) is -0.999. The summed E-state index contributed by atoms with van der Waals surface area (Å²) < 4.78 is 58.8. The number of amides is 4. The van der Waals surface area contributed by atoms with Crippen molar-refractivity contribution in [2.24, 2.45) is 0 Å². The number of fused-ring (bicyclic) bond motifs is 2. The SMILES string of the molecule is CN(C=N)C(=[N-])CC1(c2cccc(-n3cc4c(C(F)(F)F)cc(CN5CCC[C@@H](OC6CCN(C(=O)c7ccc(N8CCN(c9ccc%10c(c9)CN(C9CCC(=O)NC9=O)C%10=O)CC8)cc7)CC6)C5)cn4c3=O)c2)COC1. The molecule has 77 heavy (non-hydrogen) atoms. The number of carbonyl (C=O) groups excluding carboxylic acids is 4. The average Bonchev–Trinajstić information content (AvgIpc) is 4.03. The lowest BCUT2D eigenvalue weighted by Crippen LogP contribution is -2.52. The molecule has 6 aliphatic heterocycles. The van der Waals surface area contributed by atoms with E-state index in [0.717, 1.165) is 78.3 Å². The molecule has 5 saturated heterocycles. The highest BCUT2D eigenvalue weighted by atomic mass is 19.4. The van der Waals surface area contributed by atoms with Gasteiger partial charge in [-0.2, -0.15) is 13.2 Å². The Labute approximate surface area is 442 Å². The molecule has 21 heteroatoms. The largest absolute Gasteiger partial charge is 0.469 e. The molecule has 0 spiro atoms. The van der Waals surface area contributed by atoms with E-state index in [9.17, 15) is 42.6 Å². The van der Waals surface area contributed by atoms with Crippen LogP contribution in [-0.4, -0.2) is 155 Å². The fraction of sp³-hybridized carbons (Fsp3) is 0.446. The third-order valence-electron chi connectivity index (χ3n) is 16.3. The fourth-order valence-electron chi connectivity index (χ4n) is 11.9. The summed E-state index contributed by atoms with van der Waals surface area (Å²) in [6.07, 6.45) is 2.39. The van der Waals surface area contributed by atoms with E-state index in [4.69, 9.17) is 14.9 Å². The van der Waals surface area contributed by atoms with Crippen molar-refractivity contribution in [3.05, 3.63) is 134 Å². The maximum absolute atomic E-state index is 14.8. The minimum absolute atomic E-state index is 0.0338. The Bertz CT molecular complexity index is 3190. The number of likely N-dealkylation sites (tertiary alicyclic amines) is 2. The van der Waals surface area contributed by atoms with Crippen LogP contribution >= 0.6 is 0 Å². The summed E-state index contributed by atoms with van der Waals surface area (Å²) in [4.78, 5) is 76.5. The number of carbonyl (C=O) groups is 4. The van der Waals surface area contributed by atoms with Crippen molar-refractivity contribution in [1.82, 2.24) is 33.9 Å². The second-order valence-electron chi connectivity index (χ2n) is 21.3. The summed E-state index contributed by atoms with van der Waals surface area (Å²) in [6.45, 7) is 6.38. The molecule has 4 amide bonds. The van der Waals surface area contributed by atoms with Crippen molar-refractivity contribution in [1.29, 1.82) is 5.41 Å². The van der Waals surface area contributed by atoms with Crippen LogP contribution in [0.5, 0.6) is 0 Å². The van der Waals surface area contributed by atoms with Crippen LogP contribution in [0.1, 0.15) is 87.9 Å². The minimum Gasteiger partial charge on any atom is -0.469 e. The number of imidazole rings is 1. The van der Waals surface area contributed by atoms with Crippen molar-refractivity contribution in [2.75, 3.05) is 82.4 Å². The summed E-state index contributed by atoms with van der Waals surface area (Å²) >= 11 is 0. The molecule has 5 fully saturated rings. The number of piperidine rings is 3. The van der Waals surface area contributed by atoms with E-state index in [-0.39, 0.29) is 73.9 Å². The number of imide groups is 1. The molecule has 0 saturated carbocycles. The van der Waals surface area contributed by atoms with Crippen LogP contribution in [0.25, 0.3) is 16.6 Å². The van der Waals surface area contributed by atoms with Gasteiger partial charge in [-0.05, 0) is 122 Å². The molecule has 11 rings (SSSR count). The first-order valence-corrected chi connectivity index (χ1v) is 26.4. The zero-order valence-corrected chi connectivity index (χ0v) is 42.8. The maximum Gasteiger partial charge on any atom is 0.418 e. The number of hydrogen-bond donors (Lipinski definition) is 2. The van der Waals surface area contributed by atoms with Crippen molar-refractivity contribution in [3.63, 3.8) is 0 Å². The van der Waals surface area contributed by atoms with Gasteiger partial charge in [0.25, 0.3) is 11.8 Å². The third kappa shape index (κ3) is 10.3. The summed E-state index contributed by atoms with van der Waals surface area (Å²) in [6, 6.07) is 21.0. The minimum atomic E-state index is -4.74. The van der Waals surface area contributed by atoms with Gasteiger partial charge in [-0.15, -0.1) is 0 Å². The molecule has 0 aliphatic carbocycles. The van der Waals surface area contributed by atoms with Gasteiger partial charge in [-0.25, -0.2) is 4.79 Å². The van der Waals surface area contributed by atoms with Gasteiger partial charge < -0.3 is 44.8 Å². The number of benzene rings is 3. The van der Waals surface area contributed by atoms with Gasteiger partial charge in [0.05, 0.1) is 42.2 Å². The molecule has 404 valence electrons. The maximum atomic E-state index is 14.8. The molecule has 18 nitrogen and oxygen atoms in total. The van der Waals surface area contributed by atoms with Gasteiger partial charge >= 0.3 is 11.9 Å². The lowest BCUT2D eigenvalue weighted by molar-refractivity contribution is -0.137. The van der Waals surface area contributed by atoms with Crippen LogP contribution in [0.3, 0.4) is 0 Å². The van der Waals surface area contributed by atoms with Crippen LogP contribution < -0.4 is 20.8 Å². The lowest BCUT2D eigenvalue weighted by Gasteiger charge is -2.45. The predicted octanol–water partition coefficient (Wildman–Crippen LogP) is 5.65. The van der Waals surface area contributed by atoms with E-state index in [2.05, 4.69) is 20.0 Å². The molecule has 0 bridgehead atoms. The predicted molar refractivity (Wildman–Crippen MR) is 282 cm³/mol. The monoisotopic (exact) mass is 1060 g/mol. The Morgan fingerprint density at radius 1 is 0.870 bits per heavy atom. The van der Waals surface area contributed by atoms with E-state index in [1.807, 2.05) is 53.4 Å². The van der Waals surface area contributed by atoms with Crippen LogP contribution in [0.2, 0.25) is 0 Å². The first kappa shape index (κ1) is 51.7. The molecular formula is C56H61F3N11O7-. The summed E-state index contributed by atoms with van der Waals surface area (Å²) in [7, 11) is 1.56. The standard InChI is InChI=1S/C56H61F3N11O7/c1-63(35-60)49(61)27-55(33-76-34-55)39-4-2-5-42(26-39)68-32-48-46(56(57,58)59)24-36(29-70(48)54(68)75)28-64-17-3-6-44(31-64)77-43-15-18-67(19-16-43)52(73)37-7-9-40(10-8-37)65-20-22-66(23-21-65)41-11-12-45-38(25-41)30-69(53(45)74)47-13-14-50(71)62-51(47)72/h2,4-5,7-12,24-26,29,32,35,43-44,47,60H,3,6,13-23,27-28,30-31,33-34H2,1H3,(H,62,71,72)/q-1/t44-,47?/m1/s1. The number of alkyl halides is 3. The van der Waals surface area contributed by atoms with Gasteiger partial charge in [0, 0.05) is 112 Å². The average molecular weight is 1060 g/mol. The zero-order chi connectivity index (χ0) is 53.8. The Morgan fingerprint density at radius 3 is 2.29 bits per heavy atom. The molecule has 2 atom stereocenters. The second-order valence-corrected chi connectivity index (χ2v) is 21.3. The van der Waals surface area contributed by atoms with Gasteiger partial charge in [0.15, 0.2) is 0 Å². The first-order chi connectivity index (χ1) is 37.0. The topological polar surface area (TPSA) is 191 Å². The van der Waals surface area contributed by atoms with Crippen molar-refractivity contribution < 1.29 is 41.8 Å². The fourth-order valence-corrected chi connectivity index (χ4v) is 11.9. The normalized spacial score (nSPS) is 21.3. The zero-order valence-electron chi connectivity index (χ0n) is 42.8. The van der Waals surface area contributed by atoms with Crippen LogP contribution in [0, 0.1) is 5.41 Å². The smallest absolute Gasteiger partial charge is 0.418 e. The number of halogens is 3. The Kier molecular flexibility index (Phi) is 14.0. The van der Waals surface area contributed by atoms with Crippen LogP contribution in [0.15, 0.2) is 90.0 Å². The highest BCUT2D eigenvalue weighted by molar-refractivity contribution is 6.05. The molecule has 3 aromatic carbocycles. The number of amidine groups is 1. The van der Waals surface area contributed by atoms with Gasteiger partial charge in [0.2, 0.25) is 11.8 Å². The summed E-state index contributed by atoms with van der Waals surface area (Å²) in [5, 5.41) is 20.5. The first-order valence-electron chi connectivity index (χ1n) is 26.4. The number of hydrogen-bond acceptors (Lipinski definition) is 11. The Morgan fingerprint density at radius 2 is 1.60 bits per heavy atom. The van der Waals surface area contributed by atoms with Crippen molar-refractivity contribution in [2.45, 2.75) is 87.9 Å². The van der Waals surface area contributed by atoms with E-state index in [0.29, 0.717) is 74.4 Å². The molecule has 1 unspecified atom stereocenters. The third-order valence-corrected chi connectivity index (χ3v) is 16.3. The second kappa shape index (κ2) is 20.9. The van der Waals surface area contributed by atoms with Crippen molar-refractivity contribution >= 4 is 52.7 Å². The van der Waals surface area contributed by atoms with Crippen molar-refractivity contribution in [3.8, 4) is 5.69 Å². The van der Waals surface area contributed by atoms with E-state index in [1.54, 1.807) is 30.1 Å². The quantitative estimate of drug-likeness (QED) is 0.0843. The number of aromatic nitrogens is 2. The van der Waals surface area contributed by atoms with E-state index >= 15 is 0 Å². The Balaban J connectivity index is 0.666. The highest BCUT2D eigenvalue weighted by Gasteiger charge is 2.42. The number of pyridine rings is 1. The van der Waals surface area contributed by atoms with E-state index < -0.39 is 34.8 Å². The van der Waals surface area contributed by atoms with Crippen LogP contribution in [0.4, 0.5) is 24.5 Å². The number of ether oxygens (including phenoxy) is 2. The van der Waals surface area contributed by atoms with Crippen LogP contribution in [-0.2, 0) is 43.7 Å². The Hall–Kier alpha value is -7.36. The molecule has 6 aliphatic rings. The molecule has 0 radical (unpaired) electrons. The number of anilines is 2. The van der Waals surface area contributed by atoms with Gasteiger partial charge in [-0.3, -0.25) is 38.4 Å². The number of nitrogens with one attached hydrogen (secondary N) is 2. The summed E-state index contributed by atoms with van der Waals surface area (Å²) in [5.41, 5.74) is 3.13. The van der Waals surface area contributed by atoms with Gasteiger partial charge in [0.1, 0.15) is 6.04 Å². The highest BCUT2D eigenvalue weighted by Crippen LogP contribution is 2.39. The molecule has 8 heterocycles. The molecule has 2 aromatic heterocycles. The van der Waals surface area contributed by atoms with E-state index in [1.165, 1.54) is 21.9 Å². The number of nitrogens with zero attached hydrogens (tertiary/aromatic N) is 9. The number of piperazine rings is 1. The molecular weight excluding hydrogens is 996 g/mol.